The lowest BCUT2D eigenvalue weighted by Crippen LogP contribution is -2.30. The van der Waals surface area contributed by atoms with Crippen LogP contribution in [0.5, 0.6) is 0 Å². The number of hydrogen-bond donors (Lipinski definition) is 2. The van der Waals surface area contributed by atoms with Crippen molar-refractivity contribution >= 4 is 28.5 Å². The van der Waals surface area contributed by atoms with Crippen molar-refractivity contribution in [2.45, 2.75) is 13.1 Å². The minimum Gasteiger partial charge on any atom is -0.350 e. The number of para-hydroxylation sites is 2. The molecule has 0 saturated heterocycles. The van der Waals surface area contributed by atoms with E-state index in [0.29, 0.717) is 17.1 Å². The molecular formula is C16H14ClN3O2. The van der Waals surface area contributed by atoms with Crippen LogP contribution in [0.3, 0.4) is 0 Å². The molecular weight excluding hydrogens is 302 g/mol. The van der Waals surface area contributed by atoms with Crippen molar-refractivity contribution in [2.24, 2.45) is 0 Å². The number of benzene rings is 2. The zero-order chi connectivity index (χ0) is 15.5. The molecule has 0 fully saturated rings. The number of nitrogens with one attached hydrogen (secondary N) is 2. The zero-order valence-electron chi connectivity index (χ0n) is 11.7. The third kappa shape index (κ3) is 3.04. The standard InChI is InChI=1S/C16H14ClN3O2/c17-12-7-5-11(6-8-12)9-18-15(21)10-20-14-4-2-1-3-13(14)19-16(20)22/h1-8H,9-10H2,(H,18,21)(H,19,22). The maximum Gasteiger partial charge on any atom is 0.326 e. The van der Waals surface area contributed by atoms with Gasteiger partial charge in [-0.15, -0.1) is 0 Å². The molecule has 0 radical (unpaired) electrons. The second-order valence-corrected chi connectivity index (χ2v) is 5.37. The Morgan fingerprint density at radius 2 is 1.86 bits per heavy atom. The summed E-state index contributed by atoms with van der Waals surface area (Å²) in [5, 5.41) is 3.45. The fraction of sp³-hybridized carbons (Fsp3) is 0.125. The molecule has 0 aliphatic heterocycles. The van der Waals surface area contributed by atoms with Crippen LogP contribution in [0, 0.1) is 0 Å². The summed E-state index contributed by atoms with van der Waals surface area (Å²) in [5.74, 6) is -0.221. The van der Waals surface area contributed by atoms with E-state index in [1.54, 1.807) is 24.3 Å². The summed E-state index contributed by atoms with van der Waals surface area (Å²) < 4.78 is 1.42. The predicted molar refractivity (Wildman–Crippen MR) is 85.9 cm³/mol. The van der Waals surface area contributed by atoms with Gasteiger partial charge in [-0.05, 0) is 29.8 Å². The van der Waals surface area contributed by atoms with Gasteiger partial charge in [0.15, 0.2) is 0 Å². The molecule has 3 aromatic rings. The Hall–Kier alpha value is -2.53. The Kier molecular flexibility index (Phi) is 3.98. The number of hydrogen-bond acceptors (Lipinski definition) is 2. The number of imidazole rings is 1. The number of carbonyl (C=O) groups is 1. The summed E-state index contributed by atoms with van der Waals surface area (Å²) in [6.07, 6.45) is 0. The average molecular weight is 316 g/mol. The lowest BCUT2D eigenvalue weighted by atomic mass is 10.2. The molecule has 0 bridgehead atoms. The van der Waals surface area contributed by atoms with Gasteiger partial charge < -0.3 is 10.3 Å². The van der Waals surface area contributed by atoms with Crippen LogP contribution in [0.2, 0.25) is 5.02 Å². The minimum absolute atomic E-state index is 0.0174. The average Bonchev–Trinajstić information content (AvgIpc) is 2.83. The molecule has 0 spiro atoms. The van der Waals surface area contributed by atoms with E-state index in [-0.39, 0.29) is 18.1 Å². The number of rotatable bonds is 4. The fourth-order valence-electron chi connectivity index (χ4n) is 2.27. The van der Waals surface area contributed by atoms with Crippen LogP contribution in [0.4, 0.5) is 0 Å². The second-order valence-electron chi connectivity index (χ2n) is 4.94. The van der Waals surface area contributed by atoms with E-state index in [9.17, 15) is 9.59 Å². The number of fused-ring (bicyclic) bond motifs is 1. The van der Waals surface area contributed by atoms with E-state index in [0.717, 1.165) is 11.1 Å². The van der Waals surface area contributed by atoms with Gasteiger partial charge in [0.2, 0.25) is 5.91 Å². The van der Waals surface area contributed by atoms with Crippen LogP contribution in [0.25, 0.3) is 11.0 Å². The van der Waals surface area contributed by atoms with Gasteiger partial charge in [-0.25, -0.2) is 4.79 Å². The van der Waals surface area contributed by atoms with Crippen LogP contribution >= 0.6 is 11.6 Å². The Morgan fingerprint density at radius 1 is 1.14 bits per heavy atom. The molecule has 112 valence electrons. The maximum absolute atomic E-state index is 12.0. The summed E-state index contributed by atoms with van der Waals surface area (Å²) in [5.41, 5.74) is 2.10. The Balaban J connectivity index is 1.69. The summed E-state index contributed by atoms with van der Waals surface area (Å²) in [6, 6.07) is 14.5. The predicted octanol–water partition coefficient (Wildman–Crippen LogP) is 2.30. The number of nitrogens with zero attached hydrogens (tertiary/aromatic N) is 1. The van der Waals surface area contributed by atoms with Gasteiger partial charge in [0, 0.05) is 11.6 Å². The van der Waals surface area contributed by atoms with Crippen molar-refractivity contribution in [3.63, 3.8) is 0 Å². The highest BCUT2D eigenvalue weighted by Gasteiger charge is 2.10. The van der Waals surface area contributed by atoms with E-state index in [2.05, 4.69) is 10.3 Å². The first-order valence-corrected chi connectivity index (χ1v) is 7.20. The number of amides is 1. The van der Waals surface area contributed by atoms with Crippen LogP contribution in [-0.2, 0) is 17.9 Å². The molecule has 0 atom stereocenters. The zero-order valence-corrected chi connectivity index (χ0v) is 12.4. The largest absolute Gasteiger partial charge is 0.350 e. The summed E-state index contributed by atoms with van der Waals surface area (Å²) in [6.45, 7) is 0.379. The van der Waals surface area contributed by atoms with Gasteiger partial charge in [0.25, 0.3) is 0 Å². The molecule has 0 unspecified atom stereocenters. The number of carbonyl (C=O) groups excluding carboxylic acids is 1. The minimum atomic E-state index is -0.289. The monoisotopic (exact) mass is 315 g/mol. The number of aromatic nitrogens is 2. The highest BCUT2D eigenvalue weighted by molar-refractivity contribution is 6.30. The first kappa shape index (κ1) is 14.4. The van der Waals surface area contributed by atoms with E-state index < -0.39 is 0 Å². The quantitative estimate of drug-likeness (QED) is 0.776. The van der Waals surface area contributed by atoms with Gasteiger partial charge in [-0.3, -0.25) is 9.36 Å². The number of aromatic amines is 1. The first-order valence-electron chi connectivity index (χ1n) is 6.82. The maximum atomic E-state index is 12.0. The number of halogens is 1. The summed E-state index contributed by atoms with van der Waals surface area (Å²) in [4.78, 5) is 26.7. The smallest absolute Gasteiger partial charge is 0.326 e. The third-order valence-corrected chi connectivity index (χ3v) is 3.64. The van der Waals surface area contributed by atoms with Gasteiger partial charge in [0.1, 0.15) is 6.54 Å². The SMILES string of the molecule is O=C(Cn1c(=O)[nH]c2ccccc21)NCc1ccc(Cl)cc1. The van der Waals surface area contributed by atoms with Crippen LogP contribution in [0.15, 0.2) is 53.3 Å². The third-order valence-electron chi connectivity index (χ3n) is 3.39. The van der Waals surface area contributed by atoms with Gasteiger partial charge in [-0.1, -0.05) is 35.9 Å². The molecule has 1 heterocycles. The number of H-pyrrole nitrogens is 1. The van der Waals surface area contributed by atoms with Gasteiger partial charge in [-0.2, -0.15) is 0 Å². The van der Waals surface area contributed by atoms with Crippen LogP contribution in [-0.4, -0.2) is 15.5 Å². The topological polar surface area (TPSA) is 66.9 Å². The lowest BCUT2D eigenvalue weighted by molar-refractivity contribution is -0.121. The molecule has 5 nitrogen and oxygen atoms in total. The summed E-state index contributed by atoms with van der Waals surface area (Å²) in [7, 11) is 0. The Morgan fingerprint density at radius 3 is 2.64 bits per heavy atom. The Bertz CT molecular complexity index is 865. The summed E-state index contributed by atoms with van der Waals surface area (Å²) >= 11 is 5.81. The van der Waals surface area contributed by atoms with E-state index >= 15 is 0 Å². The Labute approximate surface area is 131 Å². The first-order chi connectivity index (χ1) is 10.6. The second kappa shape index (κ2) is 6.07. The van der Waals surface area contributed by atoms with Crippen molar-refractivity contribution in [1.82, 2.24) is 14.9 Å². The van der Waals surface area contributed by atoms with Crippen LogP contribution < -0.4 is 11.0 Å². The van der Waals surface area contributed by atoms with E-state index in [1.165, 1.54) is 4.57 Å². The molecule has 0 aliphatic rings. The van der Waals surface area contributed by atoms with Crippen molar-refractivity contribution < 1.29 is 4.79 Å². The lowest BCUT2D eigenvalue weighted by Gasteiger charge is -2.06. The molecule has 6 heteroatoms. The molecule has 3 rings (SSSR count). The van der Waals surface area contributed by atoms with E-state index in [4.69, 9.17) is 11.6 Å². The molecule has 1 amide bonds. The highest BCUT2D eigenvalue weighted by atomic mass is 35.5. The van der Waals surface area contributed by atoms with Crippen molar-refractivity contribution in [1.29, 1.82) is 0 Å². The van der Waals surface area contributed by atoms with E-state index in [1.807, 2.05) is 24.3 Å². The molecule has 2 aromatic carbocycles. The van der Waals surface area contributed by atoms with Crippen molar-refractivity contribution in [3.05, 3.63) is 69.6 Å². The van der Waals surface area contributed by atoms with Gasteiger partial charge >= 0.3 is 5.69 Å². The van der Waals surface area contributed by atoms with Gasteiger partial charge in [0.05, 0.1) is 11.0 Å². The molecule has 22 heavy (non-hydrogen) atoms. The normalized spacial score (nSPS) is 10.8. The molecule has 1 aromatic heterocycles. The van der Waals surface area contributed by atoms with Crippen molar-refractivity contribution in [3.8, 4) is 0 Å². The molecule has 0 saturated carbocycles. The molecule has 2 N–H and O–H groups in total. The van der Waals surface area contributed by atoms with Crippen LogP contribution in [0.1, 0.15) is 5.56 Å². The van der Waals surface area contributed by atoms with Crippen molar-refractivity contribution in [2.75, 3.05) is 0 Å². The highest BCUT2D eigenvalue weighted by Crippen LogP contribution is 2.10. The fourth-order valence-corrected chi connectivity index (χ4v) is 2.39. The molecule has 0 aliphatic carbocycles.